The van der Waals surface area contributed by atoms with E-state index >= 15 is 0 Å². The fourth-order valence-electron chi connectivity index (χ4n) is 4.95. The van der Waals surface area contributed by atoms with Crippen molar-refractivity contribution < 1.29 is 4.39 Å². The zero-order valence-electron chi connectivity index (χ0n) is 20.7. The SMILES string of the molecule is Cc1c(-c2cc(Sc3ncccc3F)c3c(C#N)cnn3c2)cnn1C1CCN(Cc2ncccn2)CC1. The van der Waals surface area contributed by atoms with Crippen LogP contribution in [0.4, 0.5) is 4.39 Å². The molecule has 38 heavy (non-hydrogen) atoms. The first kappa shape index (κ1) is 24.2. The van der Waals surface area contributed by atoms with E-state index in [2.05, 4.69) is 42.6 Å². The van der Waals surface area contributed by atoms with Gasteiger partial charge in [0.25, 0.3) is 0 Å². The average molecular weight is 526 g/mol. The summed E-state index contributed by atoms with van der Waals surface area (Å²) in [6.45, 7) is 4.73. The average Bonchev–Trinajstić information content (AvgIpc) is 3.54. The summed E-state index contributed by atoms with van der Waals surface area (Å²) in [7, 11) is 0. The summed E-state index contributed by atoms with van der Waals surface area (Å²) in [5.74, 6) is 0.435. The largest absolute Gasteiger partial charge is 0.296 e. The highest BCUT2D eigenvalue weighted by Crippen LogP contribution is 2.37. The molecule has 1 saturated heterocycles. The molecule has 190 valence electrons. The number of halogens is 1. The fourth-order valence-corrected chi connectivity index (χ4v) is 5.92. The Morgan fingerprint density at radius 1 is 1.08 bits per heavy atom. The molecular formula is C27H24FN9S. The molecule has 1 aliphatic heterocycles. The van der Waals surface area contributed by atoms with Gasteiger partial charge in [-0.05, 0) is 44.0 Å². The van der Waals surface area contributed by atoms with Gasteiger partial charge in [0.05, 0.1) is 36.1 Å². The molecule has 0 unspecified atom stereocenters. The number of fused-ring (bicyclic) bond motifs is 1. The smallest absolute Gasteiger partial charge is 0.155 e. The van der Waals surface area contributed by atoms with Crippen LogP contribution >= 0.6 is 11.8 Å². The summed E-state index contributed by atoms with van der Waals surface area (Å²) in [5.41, 5.74) is 3.99. The van der Waals surface area contributed by atoms with Gasteiger partial charge in [-0.2, -0.15) is 15.5 Å². The third-order valence-electron chi connectivity index (χ3n) is 6.87. The molecule has 9 nitrogen and oxygen atoms in total. The lowest BCUT2D eigenvalue weighted by Gasteiger charge is -2.32. The van der Waals surface area contributed by atoms with Gasteiger partial charge in [-0.1, -0.05) is 11.8 Å². The third-order valence-corrected chi connectivity index (χ3v) is 7.90. The van der Waals surface area contributed by atoms with Gasteiger partial charge < -0.3 is 0 Å². The Bertz CT molecular complexity index is 1630. The van der Waals surface area contributed by atoms with Crippen molar-refractivity contribution in [3.8, 4) is 17.2 Å². The molecule has 0 spiro atoms. The second-order valence-electron chi connectivity index (χ2n) is 9.21. The van der Waals surface area contributed by atoms with Crippen molar-refractivity contribution in [1.29, 1.82) is 5.26 Å². The Morgan fingerprint density at radius 2 is 1.87 bits per heavy atom. The third kappa shape index (κ3) is 4.64. The number of hydrogen-bond acceptors (Lipinski definition) is 8. The molecule has 0 saturated carbocycles. The van der Waals surface area contributed by atoms with Crippen LogP contribution in [0, 0.1) is 24.1 Å². The van der Waals surface area contributed by atoms with Gasteiger partial charge in [0, 0.05) is 59.6 Å². The van der Waals surface area contributed by atoms with Gasteiger partial charge >= 0.3 is 0 Å². The predicted molar refractivity (Wildman–Crippen MR) is 140 cm³/mol. The van der Waals surface area contributed by atoms with Crippen LogP contribution in [0.3, 0.4) is 0 Å². The maximum Gasteiger partial charge on any atom is 0.155 e. The maximum absolute atomic E-state index is 14.4. The van der Waals surface area contributed by atoms with Crippen molar-refractivity contribution in [3.05, 3.63) is 84.3 Å². The molecule has 0 amide bonds. The van der Waals surface area contributed by atoms with E-state index in [1.54, 1.807) is 29.2 Å². The van der Waals surface area contributed by atoms with Crippen LogP contribution in [-0.2, 0) is 6.54 Å². The van der Waals surface area contributed by atoms with E-state index in [0.717, 1.165) is 55.1 Å². The lowest BCUT2D eigenvalue weighted by Crippen LogP contribution is -2.35. The summed E-state index contributed by atoms with van der Waals surface area (Å²) >= 11 is 1.19. The lowest BCUT2D eigenvalue weighted by atomic mass is 10.0. The Balaban J connectivity index is 1.27. The van der Waals surface area contributed by atoms with Crippen LogP contribution in [0.2, 0.25) is 0 Å². The quantitative estimate of drug-likeness (QED) is 0.315. The molecule has 1 fully saturated rings. The van der Waals surface area contributed by atoms with Crippen LogP contribution in [0.15, 0.2) is 71.4 Å². The number of pyridine rings is 2. The summed E-state index contributed by atoms with van der Waals surface area (Å²) in [6, 6.07) is 9.22. The van der Waals surface area contributed by atoms with Crippen LogP contribution in [0.5, 0.6) is 0 Å². The van der Waals surface area contributed by atoms with Gasteiger partial charge in [-0.15, -0.1) is 0 Å². The minimum atomic E-state index is -0.409. The summed E-state index contributed by atoms with van der Waals surface area (Å²) in [5, 5.41) is 19.0. The van der Waals surface area contributed by atoms with Crippen LogP contribution in [-0.4, -0.2) is 52.3 Å². The normalized spacial score (nSPS) is 14.7. The zero-order chi connectivity index (χ0) is 26.1. The van der Waals surface area contributed by atoms with E-state index in [1.807, 2.05) is 24.5 Å². The molecule has 0 aromatic carbocycles. The van der Waals surface area contributed by atoms with Gasteiger partial charge in [-0.3, -0.25) is 9.58 Å². The van der Waals surface area contributed by atoms with Crippen molar-refractivity contribution >= 4 is 17.3 Å². The number of likely N-dealkylation sites (tertiary alicyclic amines) is 1. The predicted octanol–water partition coefficient (Wildman–Crippen LogP) is 4.69. The molecule has 0 aliphatic carbocycles. The van der Waals surface area contributed by atoms with Crippen molar-refractivity contribution in [1.82, 2.24) is 39.2 Å². The van der Waals surface area contributed by atoms with Crippen molar-refractivity contribution in [2.45, 2.75) is 42.3 Å². The number of piperidine rings is 1. The van der Waals surface area contributed by atoms with Gasteiger partial charge in [-0.25, -0.2) is 23.9 Å². The minimum absolute atomic E-state index is 0.247. The highest BCUT2D eigenvalue weighted by atomic mass is 32.2. The number of rotatable bonds is 6. The number of nitrogens with zero attached hydrogens (tertiary/aromatic N) is 9. The van der Waals surface area contributed by atoms with E-state index in [9.17, 15) is 9.65 Å². The van der Waals surface area contributed by atoms with Crippen molar-refractivity contribution in [2.24, 2.45) is 0 Å². The van der Waals surface area contributed by atoms with Crippen molar-refractivity contribution in [3.63, 3.8) is 0 Å². The molecule has 0 atom stereocenters. The Hall–Kier alpha value is -4.14. The Kier molecular flexibility index (Phi) is 6.57. The van der Waals surface area contributed by atoms with E-state index in [4.69, 9.17) is 5.10 Å². The second-order valence-corrected chi connectivity index (χ2v) is 10.2. The fraction of sp³-hybridized carbons (Fsp3) is 0.259. The molecule has 6 heterocycles. The van der Waals surface area contributed by atoms with E-state index in [-0.39, 0.29) is 5.03 Å². The molecule has 0 bridgehead atoms. The molecule has 5 aromatic rings. The number of hydrogen-bond donors (Lipinski definition) is 0. The molecule has 6 rings (SSSR count). The first-order chi connectivity index (χ1) is 18.6. The van der Waals surface area contributed by atoms with E-state index in [0.29, 0.717) is 22.0 Å². The number of nitriles is 1. The Labute approximate surface area is 223 Å². The highest BCUT2D eigenvalue weighted by molar-refractivity contribution is 7.99. The maximum atomic E-state index is 14.4. The first-order valence-electron chi connectivity index (χ1n) is 12.3. The molecule has 0 N–H and O–H groups in total. The lowest BCUT2D eigenvalue weighted by molar-refractivity contribution is 0.169. The molecule has 1 aliphatic rings. The van der Waals surface area contributed by atoms with Gasteiger partial charge in [0.2, 0.25) is 0 Å². The van der Waals surface area contributed by atoms with Crippen molar-refractivity contribution in [2.75, 3.05) is 13.1 Å². The summed E-state index contributed by atoms with van der Waals surface area (Å²) in [4.78, 5) is 16.0. The van der Waals surface area contributed by atoms with Crippen LogP contribution in [0.1, 0.15) is 36.0 Å². The summed E-state index contributed by atoms with van der Waals surface area (Å²) in [6.07, 6.45) is 12.4. The molecule has 11 heteroatoms. The number of aromatic nitrogens is 7. The van der Waals surface area contributed by atoms with E-state index < -0.39 is 5.82 Å². The molecule has 0 radical (unpaired) electrons. The monoisotopic (exact) mass is 525 g/mol. The Morgan fingerprint density at radius 3 is 2.63 bits per heavy atom. The minimum Gasteiger partial charge on any atom is -0.296 e. The standard InChI is InChI=1S/C27H24FN9S/c1-18-22(15-34-37(18)21-5-10-35(11-6-21)17-25-30-8-3-9-31-25)19-12-24(38-27-23(28)4-2-7-32-27)26-20(13-29)14-33-36(26)16-19/h2-4,7-9,12,14-16,21H,5-6,10-11,17H2,1H3. The second kappa shape index (κ2) is 10.3. The highest BCUT2D eigenvalue weighted by Gasteiger charge is 2.24. The first-order valence-corrected chi connectivity index (χ1v) is 13.1. The van der Waals surface area contributed by atoms with Gasteiger partial charge in [0.1, 0.15) is 16.9 Å². The topological polar surface area (TPSA) is 101 Å². The van der Waals surface area contributed by atoms with Gasteiger partial charge in [0.15, 0.2) is 5.82 Å². The zero-order valence-corrected chi connectivity index (χ0v) is 21.5. The van der Waals surface area contributed by atoms with E-state index in [1.165, 1.54) is 24.0 Å². The summed E-state index contributed by atoms with van der Waals surface area (Å²) < 4.78 is 18.2. The molecular weight excluding hydrogens is 501 g/mol. The van der Waals surface area contributed by atoms with Crippen LogP contribution < -0.4 is 0 Å². The molecule has 5 aromatic heterocycles. The van der Waals surface area contributed by atoms with Crippen LogP contribution in [0.25, 0.3) is 16.6 Å².